The smallest absolute Gasteiger partial charge is 0.305 e. The molecule has 0 bridgehead atoms. The number of carbonyl (C=O) groups is 1. The molecular formula is C13H24N2O3. The van der Waals surface area contributed by atoms with Gasteiger partial charge < -0.3 is 15.2 Å². The Bertz CT molecular complexity index is 332. The zero-order valence-electron chi connectivity index (χ0n) is 11.7. The van der Waals surface area contributed by atoms with Crippen LogP contribution in [0.2, 0.25) is 0 Å². The van der Waals surface area contributed by atoms with Crippen LogP contribution < -0.4 is 5.32 Å². The number of morpholine rings is 1. The van der Waals surface area contributed by atoms with E-state index in [1.165, 1.54) is 0 Å². The fourth-order valence-electron chi connectivity index (χ4n) is 3.28. The van der Waals surface area contributed by atoms with Gasteiger partial charge in [0.1, 0.15) is 0 Å². The van der Waals surface area contributed by atoms with Gasteiger partial charge in [0.25, 0.3) is 0 Å². The maximum absolute atomic E-state index is 11.1. The molecule has 2 fully saturated rings. The van der Waals surface area contributed by atoms with Crippen LogP contribution >= 0.6 is 0 Å². The monoisotopic (exact) mass is 256 g/mol. The van der Waals surface area contributed by atoms with Gasteiger partial charge in [-0.25, -0.2) is 0 Å². The molecule has 2 rings (SSSR count). The average molecular weight is 256 g/mol. The first-order valence-corrected chi connectivity index (χ1v) is 6.52. The van der Waals surface area contributed by atoms with Crippen molar-refractivity contribution in [2.24, 2.45) is 0 Å². The van der Waals surface area contributed by atoms with E-state index in [1.54, 1.807) is 0 Å². The summed E-state index contributed by atoms with van der Waals surface area (Å²) in [6.45, 7) is 11.4. The number of carboxylic acids is 1. The van der Waals surface area contributed by atoms with Gasteiger partial charge in [0.15, 0.2) is 0 Å². The zero-order chi connectivity index (χ0) is 13.6. The first-order chi connectivity index (χ1) is 8.14. The fraction of sp³-hybridized carbons (Fsp3) is 0.923. The van der Waals surface area contributed by atoms with Crippen molar-refractivity contribution in [2.45, 2.75) is 50.9 Å². The molecule has 2 heterocycles. The molecule has 0 atom stereocenters. The third kappa shape index (κ3) is 2.68. The van der Waals surface area contributed by atoms with Gasteiger partial charge >= 0.3 is 5.97 Å². The lowest BCUT2D eigenvalue weighted by Gasteiger charge is -2.57. The molecule has 0 aromatic rings. The minimum Gasteiger partial charge on any atom is -0.481 e. The zero-order valence-corrected chi connectivity index (χ0v) is 11.7. The van der Waals surface area contributed by atoms with E-state index in [4.69, 9.17) is 9.84 Å². The predicted molar refractivity (Wildman–Crippen MR) is 68.7 cm³/mol. The Hall–Kier alpha value is -0.650. The van der Waals surface area contributed by atoms with Crippen molar-refractivity contribution < 1.29 is 14.6 Å². The Morgan fingerprint density at radius 1 is 1.22 bits per heavy atom. The van der Waals surface area contributed by atoms with Gasteiger partial charge in [-0.05, 0) is 27.7 Å². The lowest BCUT2D eigenvalue weighted by atomic mass is 9.83. The van der Waals surface area contributed by atoms with E-state index in [0.29, 0.717) is 0 Å². The van der Waals surface area contributed by atoms with E-state index in [-0.39, 0.29) is 23.2 Å². The summed E-state index contributed by atoms with van der Waals surface area (Å²) in [5, 5.41) is 12.3. The minimum absolute atomic E-state index is 0.201. The predicted octanol–water partition coefficient (Wildman–Crippen LogP) is 0.693. The molecule has 5 heteroatoms. The third-order valence-corrected chi connectivity index (χ3v) is 3.76. The summed E-state index contributed by atoms with van der Waals surface area (Å²) in [5.41, 5.74) is -0.699. The normalized spacial score (nSPS) is 29.6. The number of nitrogens with zero attached hydrogens (tertiary/aromatic N) is 1. The van der Waals surface area contributed by atoms with Crippen LogP contribution in [0.15, 0.2) is 0 Å². The van der Waals surface area contributed by atoms with Crippen LogP contribution in [0.4, 0.5) is 0 Å². The van der Waals surface area contributed by atoms with Crippen molar-refractivity contribution in [3.8, 4) is 0 Å². The Morgan fingerprint density at radius 3 is 2.06 bits per heavy atom. The number of ether oxygens (including phenoxy) is 1. The van der Waals surface area contributed by atoms with Crippen molar-refractivity contribution in [1.82, 2.24) is 10.2 Å². The second kappa shape index (κ2) is 4.18. The largest absolute Gasteiger partial charge is 0.481 e. The van der Waals surface area contributed by atoms with Crippen molar-refractivity contribution in [2.75, 3.05) is 26.2 Å². The summed E-state index contributed by atoms with van der Waals surface area (Å²) in [4.78, 5) is 13.4. The SMILES string of the molecule is CC1(C)CN(C2(CC(=O)O)CNC2)CC(C)(C)O1. The second-order valence-corrected chi connectivity index (χ2v) is 6.88. The molecule has 0 unspecified atom stereocenters. The third-order valence-electron chi connectivity index (χ3n) is 3.76. The van der Waals surface area contributed by atoms with Gasteiger partial charge in [-0.1, -0.05) is 0 Å². The summed E-state index contributed by atoms with van der Waals surface area (Å²) in [7, 11) is 0. The van der Waals surface area contributed by atoms with Crippen molar-refractivity contribution in [3.63, 3.8) is 0 Å². The molecule has 5 nitrogen and oxygen atoms in total. The quantitative estimate of drug-likeness (QED) is 0.778. The van der Waals surface area contributed by atoms with Crippen molar-refractivity contribution in [1.29, 1.82) is 0 Å². The molecule has 0 aliphatic carbocycles. The van der Waals surface area contributed by atoms with Crippen LogP contribution in [0.3, 0.4) is 0 Å². The van der Waals surface area contributed by atoms with Gasteiger partial charge in [0.2, 0.25) is 0 Å². The van der Waals surface area contributed by atoms with E-state index in [2.05, 4.69) is 37.9 Å². The molecule has 2 aliphatic heterocycles. The molecule has 0 aromatic heterocycles. The van der Waals surface area contributed by atoms with E-state index in [0.717, 1.165) is 26.2 Å². The highest BCUT2D eigenvalue weighted by Gasteiger charge is 2.50. The molecule has 2 saturated heterocycles. The molecule has 18 heavy (non-hydrogen) atoms. The topological polar surface area (TPSA) is 61.8 Å². The number of hydrogen-bond acceptors (Lipinski definition) is 4. The summed E-state index contributed by atoms with van der Waals surface area (Å²) >= 11 is 0. The number of nitrogens with one attached hydrogen (secondary N) is 1. The van der Waals surface area contributed by atoms with Crippen LogP contribution in [0.25, 0.3) is 0 Å². The van der Waals surface area contributed by atoms with E-state index in [1.807, 2.05) is 0 Å². The van der Waals surface area contributed by atoms with Crippen LogP contribution in [0.1, 0.15) is 34.1 Å². The molecule has 0 aromatic carbocycles. The number of hydrogen-bond donors (Lipinski definition) is 2. The average Bonchev–Trinajstić information content (AvgIpc) is 2.05. The minimum atomic E-state index is -0.724. The fourth-order valence-corrected chi connectivity index (χ4v) is 3.28. The maximum Gasteiger partial charge on any atom is 0.305 e. The summed E-state index contributed by atoms with van der Waals surface area (Å²) in [6.07, 6.45) is 0.201. The molecule has 2 N–H and O–H groups in total. The molecule has 0 amide bonds. The lowest BCUT2D eigenvalue weighted by Crippen LogP contribution is -2.74. The van der Waals surface area contributed by atoms with Gasteiger partial charge in [-0.2, -0.15) is 0 Å². The summed E-state index contributed by atoms with van der Waals surface area (Å²) in [5.74, 6) is -0.724. The Kier molecular flexibility index (Phi) is 3.20. The Labute approximate surface area is 108 Å². The van der Waals surface area contributed by atoms with Crippen LogP contribution in [0.5, 0.6) is 0 Å². The maximum atomic E-state index is 11.1. The van der Waals surface area contributed by atoms with Crippen molar-refractivity contribution in [3.05, 3.63) is 0 Å². The van der Waals surface area contributed by atoms with Gasteiger partial charge in [0, 0.05) is 26.2 Å². The molecule has 0 saturated carbocycles. The second-order valence-electron chi connectivity index (χ2n) is 6.88. The molecular weight excluding hydrogens is 232 g/mol. The van der Waals surface area contributed by atoms with Crippen LogP contribution in [-0.4, -0.2) is 58.9 Å². The van der Waals surface area contributed by atoms with Crippen molar-refractivity contribution >= 4 is 5.97 Å². The molecule has 104 valence electrons. The van der Waals surface area contributed by atoms with Crippen LogP contribution in [-0.2, 0) is 9.53 Å². The van der Waals surface area contributed by atoms with Gasteiger partial charge in [-0.3, -0.25) is 9.69 Å². The molecule has 0 spiro atoms. The lowest BCUT2D eigenvalue weighted by molar-refractivity contribution is -0.207. The van der Waals surface area contributed by atoms with Crippen LogP contribution in [0, 0.1) is 0 Å². The summed E-state index contributed by atoms with van der Waals surface area (Å²) in [6, 6.07) is 0. The highest BCUT2D eigenvalue weighted by atomic mass is 16.5. The van der Waals surface area contributed by atoms with E-state index >= 15 is 0 Å². The number of rotatable bonds is 3. The van der Waals surface area contributed by atoms with Gasteiger partial charge in [0.05, 0.1) is 23.2 Å². The number of carboxylic acid groups (broad SMARTS) is 1. The van der Waals surface area contributed by atoms with Gasteiger partial charge in [-0.15, -0.1) is 0 Å². The standard InChI is InChI=1S/C13H24N2O3/c1-11(2)8-15(9-12(3,4)18-11)13(5-10(16)17)6-14-7-13/h14H,5-9H2,1-4H3,(H,16,17). The first kappa shape index (κ1) is 13.8. The Morgan fingerprint density at radius 2 is 1.72 bits per heavy atom. The number of aliphatic carboxylic acids is 1. The summed E-state index contributed by atoms with van der Waals surface area (Å²) < 4.78 is 6.05. The first-order valence-electron chi connectivity index (χ1n) is 6.52. The van der Waals surface area contributed by atoms with E-state index in [9.17, 15) is 4.79 Å². The highest BCUT2D eigenvalue weighted by molar-refractivity contribution is 5.69. The Balaban J connectivity index is 2.18. The highest BCUT2D eigenvalue weighted by Crippen LogP contribution is 2.35. The van der Waals surface area contributed by atoms with E-state index < -0.39 is 5.97 Å². The molecule has 2 aliphatic rings. The molecule has 0 radical (unpaired) electrons.